The number of amides is 2. The van der Waals surface area contributed by atoms with Crippen LogP contribution in [0.5, 0.6) is 0 Å². The van der Waals surface area contributed by atoms with Crippen LogP contribution in [-0.2, 0) is 9.59 Å². The Morgan fingerprint density at radius 1 is 1.21 bits per heavy atom. The highest BCUT2D eigenvalue weighted by Gasteiger charge is 2.27. The summed E-state index contributed by atoms with van der Waals surface area (Å²) in [6, 6.07) is 9.74. The molecule has 1 saturated heterocycles. The Morgan fingerprint density at radius 2 is 2.04 bits per heavy atom. The molecule has 1 aromatic carbocycles. The van der Waals surface area contributed by atoms with Crippen molar-refractivity contribution in [3.63, 3.8) is 0 Å². The average Bonchev–Trinajstić information content (AvgIpc) is 3.17. The molecule has 3 heterocycles. The van der Waals surface area contributed by atoms with Crippen molar-refractivity contribution in [2.45, 2.75) is 17.9 Å². The highest BCUT2D eigenvalue weighted by molar-refractivity contribution is 8.00. The number of rotatable bonds is 5. The topological polar surface area (TPSA) is 107 Å². The van der Waals surface area contributed by atoms with Crippen LogP contribution in [-0.4, -0.2) is 55.3 Å². The van der Waals surface area contributed by atoms with Crippen molar-refractivity contribution in [1.29, 1.82) is 0 Å². The Hall–Kier alpha value is -2.94. The van der Waals surface area contributed by atoms with Crippen molar-refractivity contribution >= 4 is 34.6 Å². The molecule has 0 saturated carbocycles. The van der Waals surface area contributed by atoms with Crippen LogP contribution in [0, 0.1) is 5.92 Å². The molecule has 1 atom stereocenters. The quantitative estimate of drug-likeness (QED) is 0.519. The first-order chi connectivity index (χ1) is 13.6. The number of carbonyl (C=O) groups is 2. The summed E-state index contributed by atoms with van der Waals surface area (Å²) in [7, 11) is 0. The Kier molecular flexibility index (Phi) is 5.25. The molecule has 1 aliphatic heterocycles. The van der Waals surface area contributed by atoms with E-state index < -0.39 is 0 Å². The van der Waals surface area contributed by atoms with E-state index in [1.807, 2.05) is 30.3 Å². The number of piperidine rings is 1. The minimum atomic E-state index is -0.337. The SMILES string of the molecule is NC(=O)[C@H]1CCCN(C(=O)CSc2ncnc3c2cnn3-c2ccccc2)C1. The minimum Gasteiger partial charge on any atom is -0.369 e. The Labute approximate surface area is 166 Å². The summed E-state index contributed by atoms with van der Waals surface area (Å²) in [5.41, 5.74) is 7.01. The molecule has 28 heavy (non-hydrogen) atoms. The van der Waals surface area contributed by atoms with E-state index >= 15 is 0 Å². The second-order valence-electron chi connectivity index (χ2n) is 6.68. The Morgan fingerprint density at radius 3 is 2.82 bits per heavy atom. The van der Waals surface area contributed by atoms with Gasteiger partial charge in [0.05, 0.1) is 28.9 Å². The van der Waals surface area contributed by atoms with Crippen LogP contribution in [0.3, 0.4) is 0 Å². The molecule has 0 unspecified atom stereocenters. The molecule has 2 amide bonds. The number of hydrogen-bond donors (Lipinski definition) is 1. The fourth-order valence-corrected chi connectivity index (χ4v) is 4.22. The third kappa shape index (κ3) is 3.70. The highest BCUT2D eigenvalue weighted by atomic mass is 32.2. The predicted octanol–water partition coefficient (Wildman–Crippen LogP) is 1.63. The van der Waals surface area contributed by atoms with Crippen LogP contribution in [0.25, 0.3) is 16.7 Å². The van der Waals surface area contributed by atoms with Crippen molar-refractivity contribution in [2.75, 3.05) is 18.8 Å². The van der Waals surface area contributed by atoms with Crippen LogP contribution in [0.1, 0.15) is 12.8 Å². The van der Waals surface area contributed by atoms with Gasteiger partial charge in [-0.2, -0.15) is 5.10 Å². The number of hydrogen-bond acceptors (Lipinski definition) is 6. The lowest BCUT2D eigenvalue weighted by molar-refractivity contribution is -0.132. The maximum Gasteiger partial charge on any atom is 0.233 e. The van der Waals surface area contributed by atoms with Crippen LogP contribution < -0.4 is 5.73 Å². The van der Waals surface area contributed by atoms with Gasteiger partial charge in [-0.15, -0.1) is 0 Å². The van der Waals surface area contributed by atoms with E-state index in [0.29, 0.717) is 23.8 Å². The number of nitrogens with zero attached hydrogens (tertiary/aromatic N) is 5. The number of para-hydroxylation sites is 1. The maximum atomic E-state index is 12.6. The van der Waals surface area contributed by atoms with Gasteiger partial charge in [0.1, 0.15) is 11.4 Å². The molecule has 2 aromatic heterocycles. The van der Waals surface area contributed by atoms with Crippen molar-refractivity contribution in [2.24, 2.45) is 11.7 Å². The molecule has 1 fully saturated rings. The first-order valence-electron chi connectivity index (χ1n) is 9.07. The van der Waals surface area contributed by atoms with Gasteiger partial charge in [-0.25, -0.2) is 14.6 Å². The highest BCUT2D eigenvalue weighted by Crippen LogP contribution is 2.26. The van der Waals surface area contributed by atoms with Crippen LogP contribution >= 0.6 is 11.8 Å². The van der Waals surface area contributed by atoms with Gasteiger partial charge in [-0.1, -0.05) is 30.0 Å². The van der Waals surface area contributed by atoms with Gasteiger partial charge in [0.2, 0.25) is 11.8 Å². The molecule has 0 aliphatic carbocycles. The third-order valence-electron chi connectivity index (χ3n) is 4.84. The zero-order valence-electron chi connectivity index (χ0n) is 15.2. The van der Waals surface area contributed by atoms with E-state index in [-0.39, 0.29) is 23.5 Å². The van der Waals surface area contributed by atoms with Gasteiger partial charge in [-0.3, -0.25) is 9.59 Å². The largest absolute Gasteiger partial charge is 0.369 e. The van der Waals surface area contributed by atoms with Gasteiger partial charge < -0.3 is 10.6 Å². The van der Waals surface area contributed by atoms with E-state index in [1.165, 1.54) is 18.1 Å². The van der Waals surface area contributed by atoms with E-state index in [4.69, 9.17) is 5.73 Å². The maximum absolute atomic E-state index is 12.6. The molecule has 0 bridgehead atoms. The number of aromatic nitrogens is 4. The second kappa shape index (κ2) is 7.97. The molecule has 3 aromatic rings. The number of benzene rings is 1. The first kappa shape index (κ1) is 18.4. The summed E-state index contributed by atoms with van der Waals surface area (Å²) < 4.78 is 1.75. The lowest BCUT2D eigenvalue weighted by Gasteiger charge is -2.31. The molecular formula is C19H20N6O2S. The van der Waals surface area contributed by atoms with Gasteiger partial charge in [0.15, 0.2) is 5.65 Å². The molecular weight excluding hydrogens is 376 g/mol. The van der Waals surface area contributed by atoms with Crippen LogP contribution in [0.2, 0.25) is 0 Å². The molecule has 4 rings (SSSR count). The summed E-state index contributed by atoms with van der Waals surface area (Å²) in [5, 5.41) is 5.94. The summed E-state index contributed by atoms with van der Waals surface area (Å²) in [5.74, 6) is -0.361. The molecule has 0 spiro atoms. The Bertz CT molecular complexity index is 1010. The van der Waals surface area contributed by atoms with Crippen LogP contribution in [0.4, 0.5) is 0 Å². The van der Waals surface area contributed by atoms with Crippen LogP contribution in [0.15, 0.2) is 47.9 Å². The van der Waals surface area contributed by atoms with E-state index in [2.05, 4.69) is 15.1 Å². The summed E-state index contributed by atoms with van der Waals surface area (Å²) in [6.07, 6.45) is 4.75. The van der Waals surface area contributed by atoms with Crippen molar-refractivity contribution in [3.8, 4) is 5.69 Å². The number of likely N-dealkylation sites (tertiary alicyclic amines) is 1. The summed E-state index contributed by atoms with van der Waals surface area (Å²) >= 11 is 1.36. The first-order valence-corrected chi connectivity index (χ1v) is 10.1. The Balaban J connectivity index is 1.49. The number of primary amides is 1. The average molecular weight is 396 g/mol. The predicted molar refractivity (Wildman–Crippen MR) is 106 cm³/mol. The van der Waals surface area contributed by atoms with E-state index in [1.54, 1.807) is 15.8 Å². The van der Waals surface area contributed by atoms with E-state index in [9.17, 15) is 9.59 Å². The van der Waals surface area contributed by atoms with E-state index in [0.717, 1.165) is 23.9 Å². The number of fused-ring (bicyclic) bond motifs is 1. The summed E-state index contributed by atoms with van der Waals surface area (Å²) in [6.45, 7) is 1.06. The molecule has 144 valence electrons. The summed E-state index contributed by atoms with van der Waals surface area (Å²) in [4.78, 5) is 34.4. The third-order valence-corrected chi connectivity index (χ3v) is 5.83. The zero-order chi connectivity index (χ0) is 19.5. The van der Waals surface area contributed by atoms with Gasteiger partial charge in [0.25, 0.3) is 0 Å². The molecule has 8 nitrogen and oxygen atoms in total. The van der Waals surface area contributed by atoms with Crippen molar-refractivity contribution in [1.82, 2.24) is 24.6 Å². The second-order valence-corrected chi connectivity index (χ2v) is 7.64. The normalized spacial score (nSPS) is 17.0. The lowest BCUT2D eigenvalue weighted by atomic mass is 9.97. The number of nitrogens with two attached hydrogens (primary N) is 1. The molecule has 0 radical (unpaired) electrons. The molecule has 1 aliphatic rings. The van der Waals surface area contributed by atoms with Crippen molar-refractivity contribution < 1.29 is 9.59 Å². The minimum absolute atomic E-state index is 0.0156. The number of carbonyl (C=O) groups excluding carboxylic acids is 2. The lowest BCUT2D eigenvalue weighted by Crippen LogP contribution is -2.44. The standard InChI is InChI=1S/C19H20N6O2S/c20-17(27)13-5-4-8-24(10-13)16(26)11-28-19-15-9-23-25(18(15)21-12-22-19)14-6-2-1-3-7-14/h1-3,6-7,9,12-13H,4-5,8,10-11H2,(H2,20,27)/t13-/m0/s1. The number of thioether (sulfide) groups is 1. The fourth-order valence-electron chi connectivity index (χ4n) is 3.35. The van der Waals surface area contributed by atoms with Gasteiger partial charge in [0, 0.05) is 13.1 Å². The van der Waals surface area contributed by atoms with Gasteiger partial charge in [-0.05, 0) is 25.0 Å². The van der Waals surface area contributed by atoms with Gasteiger partial charge >= 0.3 is 0 Å². The smallest absolute Gasteiger partial charge is 0.233 e. The fraction of sp³-hybridized carbons (Fsp3) is 0.316. The monoisotopic (exact) mass is 396 g/mol. The zero-order valence-corrected chi connectivity index (χ0v) is 16.0. The molecule has 9 heteroatoms. The molecule has 2 N–H and O–H groups in total. The van der Waals surface area contributed by atoms with Crippen molar-refractivity contribution in [3.05, 3.63) is 42.9 Å².